The molecule has 0 bridgehead atoms. The van der Waals surface area contributed by atoms with Gasteiger partial charge >= 0.3 is 23.9 Å². The molecule has 0 fully saturated rings. The summed E-state index contributed by atoms with van der Waals surface area (Å²) in [7, 11) is 0. The number of thiophene rings is 5. The highest BCUT2D eigenvalue weighted by atomic mass is 32.1. The van der Waals surface area contributed by atoms with E-state index in [0.717, 1.165) is 34.0 Å². The Morgan fingerprint density at radius 2 is 0.862 bits per heavy atom. The number of nitriles is 4. The predicted octanol–water partition coefficient (Wildman–Crippen LogP) is 14.7. The number of ether oxygens (including phenoxy) is 6. The highest BCUT2D eigenvalue weighted by Crippen LogP contribution is 2.66. The highest BCUT2D eigenvalue weighted by molar-refractivity contribution is 7.33. The summed E-state index contributed by atoms with van der Waals surface area (Å²) >= 11 is 5.71. The largest absolute Gasteiger partial charge is 0.492 e. The molecule has 0 N–H and O–H groups in total. The highest BCUT2D eigenvalue weighted by Gasteiger charge is 2.65. The summed E-state index contributed by atoms with van der Waals surface area (Å²) in [4.78, 5) is 75.5. The lowest BCUT2D eigenvalue weighted by Gasteiger charge is -2.29. The average Bonchev–Trinajstić information content (AvgIpc) is 1.51. The van der Waals surface area contributed by atoms with Crippen molar-refractivity contribution in [2.24, 2.45) is 9.98 Å². The summed E-state index contributed by atoms with van der Waals surface area (Å²) in [6, 6.07) is 48.1. The lowest BCUT2D eigenvalue weighted by molar-refractivity contribution is -0.165. The summed E-state index contributed by atoms with van der Waals surface area (Å²) in [6.45, 7) is 3.33. The van der Waals surface area contributed by atoms with Crippen molar-refractivity contribution in [2.75, 3.05) is 13.2 Å². The van der Waals surface area contributed by atoms with Gasteiger partial charge in [-0.05, 0) is 47.2 Å². The molecule has 0 amide bonds. The van der Waals surface area contributed by atoms with Gasteiger partial charge in [-0.1, -0.05) is 135 Å². The van der Waals surface area contributed by atoms with Gasteiger partial charge in [0.25, 0.3) is 0 Å². The van der Waals surface area contributed by atoms with Crippen molar-refractivity contribution >= 4 is 123 Å². The zero-order valence-corrected chi connectivity index (χ0v) is 50.4. The number of esters is 4. The Morgan fingerprint density at radius 3 is 1.29 bits per heavy atom. The minimum absolute atomic E-state index is 0.102. The number of carbonyl (C=O) groups excluding carboxylic acids is 4. The fourth-order valence-electron chi connectivity index (χ4n) is 10.1. The van der Waals surface area contributed by atoms with Crippen molar-refractivity contribution in [3.63, 3.8) is 0 Å². The van der Waals surface area contributed by atoms with Crippen LogP contribution in [0.25, 0.3) is 40.6 Å². The van der Waals surface area contributed by atoms with Crippen LogP contribution in [0.1, 0.15) is 75.4 Å². The van der Waals surface area contributed by atoms with E-state index < -0.39 is 40.4 Å². The minimum atomic E-state index is -2.47. The Kier molecular flexibility index (Phi) is 17.5. The first-order chi connectivity index (χ1) is 42.5. The molecule has 87 heavy (non-hydrogen) atoms. The standard InChI is InChI=1S/C66H46N6O10S5/c1-3-25-77-47-29-51(71-43(31-67)32-68)85-55(47)45-27-49-53(65(45,61(73)79-35-39-17-9-5-10-18-39)62(74)80-36-40-19-11-6-12-20-40)58-60(83-49)54-59(87-58)56-46(28-50(84-56)57-48(78-26-4-2)30-52(86-57)72-44(33-69)34-70)66(54,63(75)81-37-41-21-13-7-14-22-41)64(76)82-38-42-23-15-8-16-24-42/h5-24,27-30H,3-4,25-26,35-38H2,1-2H3. The van der Waals surface area contributed by atoms with Gasteiger partial charge < -0.3 is 28.4 Å². The Hall–Kier alpha value is -9.84. The predicted molar refractivity (Wildman–Crippen MR) is 334 cm³/mol. The van der Waals surface area contributed by atoms with Crippen LogP contribution >= 0.6 is 56.7 Å². The van der Waals surface area contributed by atoms with E-state index in [1.54, 1.807) is 133 Å². The van der Waals surface area contributed by atoms with Gasteiger partial charge in [-0.15, -0.1) is 56.7 Å². The third-order valence-electron chi connectivity index (χ3n) is 14.0. The lowest BCUT2D eigenvalue weighted by atomic mass is 9.76. The van der Waals surface area contributed by atoms with Crippen molar-refractivity contribution in [2.45, 2.75) is 63.9 Å². The van der Waals surface area contributed by atoms with Crippen molar-refractivity contribution < 1.29 is 47.6 Å². The molecule has 11 rings (SSSR count). The Labute approximate surface area is 518 Å². The van der Waals surface area contributed by atoms with Crippen LogP contribution < -0.4 is 9.47 Å². The van der Waals surface area contributed by atoms with Gasteiger partial charge in [-0.25, -0.2) is 9.98 Å². The zero-order valence-electron chi connectivity index (χ0n) is 46.3. The van der Waals surface area contributed by atoms with Crippen LogP contribution in [0.2, 0.25) is 0 Å². The van der Waals surface area contributed by atoms with E-state index in [1.807, 2.05) is 50.3 Å². The maximum absolute atomic E-state index is 16.1. The van der Waals surface area contributed by atoms with Gasteiger partial charge in [0.1, 0.15) is 72.2 Å². The fraction of sp³-hybridized carbons (Fsp3) is 0.182. The number of nitrogens with zero attached hydrogens (tertiary/aromatic N) is 6. The van der Waals surface area contributed by atoms with Gasteiger partial charge in [0.15, 0.2) is 0 Å². The van der Waals surface area contributed by atoms with Gasteiger partial charge in [-0.3, -0.25) is 19.2 Å². The molecule has 21 heteroatoms. The summed E-state index contributed by atoms with van der Waals surface area (Å²) in [5.74, 6) is -3.36. The van der Waals surface area contributed by atoms with E-state index in [0.29, 0.717) is 86.2 Å². The Balaban J connectivity index is 1.20. The van der Waals surface area contributed by atoms with Gasteiger partial charge in [0.05, 0.1) is 42.1 Å². The first-order valence-corrected chi connectivity index (χ1v) is 31.2. The van der Waals surface area contributed by atoms with Crippen LogP contribution in [-0.2, 0) is 75.4 Å². The number of aliphatic imine (C=N–C) groups is 2. The quantitative estimate of drug-likeness (QED) is 0.0265. The van der Waals surface area contributed by atoms with Crippen molar-refractivity contribution in [3.05, 3.63) is 188 Å². The first kappa shape index (κ1) is 58.9. The average molecular weight is 1240 g/mol. The van der Waals surface area contributed by atoms with E-state index in [-0.39, 0.29) is 76.6 Å². The number of benzene rings is 4. The molecule has 2 aliphatic carbocycles. The Bertz CT molecular complexity index is 4270. The second-order valence-corrected chi connectivity index (χ2v) is 24.8. The number of hydrogen-bond acceptors (Lipinski definition) is 21. The third-order valence-corrected chi connectivity index (χ3v) is 20.1. The van der Waals surface area contributed by atoms with Gasteiger partial charge in [0.2, 0.25) is 22.3 Å². The van der Waals surface area contributed by atoms with Crippen LogP contribution in [0.4, 0.5) is 10.0 Å². The molecular formula is C66H46N6O10S5. The van der Waals surface area contributed by atoms with Crippen molar-refractivity contribution in [3.8, 4) is 55.3 Å². The SMILES string of the molecule is CCCOc1cc(N=C(C#N)C#N)sc1C1=Cc2sc3c4c(sc3c2C1(C(=O)OCc1ccccc1)C(=O)OCc1ccccc1)-c1sc(-c2sc(N=C(C#N)C#N)cc2OCCC)cc1C4(C(=O)OCc1ccccc1)C(=O)OCc1ccccc1. The summed E-state index contributed by atoms with van der Waals surface area (Å²) < 4.78 is 38.8. The van der Waals surface area contributed by atoms with Crippen LogP contribution in [0.5, 0.6) is 11.5 Å². The lowest BCUT2D eigenvalue weighted by Crippen LogP contribution is -2.46. The van der Waals surface area contributed by atoms with E-state index >= 15 is 19.2 Å². The second kappa shape index (κ2) is 25.8. The van der Waals surface area contributed by atoms with Crippen LogP contribution in [0, 0.1) is 45.3 Å². The Morgan fingerprint density at radius 1 is 0.460 bits per heavy atom. The molecule has 0 saturated carbocycles. The molecular weight excluding hydrogens is 1200 g/mol. The molecule has 9 aromatic rings. The smallest absolute Gasteiger partial charge is 0.333 e. The van der Waals surface area contributed by atoms with Crippen molar-refractivity contribution in [1.29, 1.82) is 21.0 Å². The number of hydrogen-bond donors (Lipinski definition) is 0. The molecule has 5 heterocycles. The molecule has 0 unspecified atom stereocenters. The van der Waals surface area contributed by atoms with Crippen LogP contribution in [0.15, 0.2) is 150 Å². The maximum atomic E-state index is 16.1. The molecule has 430 valence electrons. The van der Waals surface area contributed by atoms with Crippen LogP contribution in [-0.4, -0.2) is 48.5 Å². The third kappa shape index (κ3) is 11.1. The van der Waals surface area contributed by atoms with E-state index in [9.17, 15) is 21.0 Å². The van der Waals surface area contributed by atoms with E-state index in [2.05, 4.69) is 9.98 Å². The summed E-state index contributed by atoms with van der Waals surface area (Å²) in [6.07, 6.45) is 2.88. The van der Waals surface area contributed by atoms with Gasteiger partial charge in [-0.2, -0.15) is 21.0 Å². The van der Waals surface area contributed by atoms with Gasteiger partial charge in [0, 0.05) is 44.2 Å². The normalized spacial score (nSPS) is 12.8. The molecule has 0 saturated heterocycles. The number of rotatable bonds is 22. The molecule has 0 spiro atoms. The molecule has 5 aromatic heterocycles. The summed E-state index contributed by atoms with van der Waals surface area (Å²) in [5, 5.41) is 39.5. The zero-order chi connectivity index (χ0) is 60.7. The fourth-order valence-corrected chi connectivity index (χ4v) is 16.7. The molecule has 0 atom stereocenters. The molecule has 0 aliphatic heterocycles. The molecule has 16 nitrogen and oxygen atoms in total. The number of carbonyl (C=O) groups is 4. The van der Waals surface area contributed by atoms with E-state index in [1.165, 1.54) is 22.7 Å². The first-order valence-electron chi connectivity index (χ1n) is 27.1. The topological polar surface area (TPSA) is 244 Å². The molecule has 4 aromatic carbocycles. The molecule has 0 radical (unpaired) electrons. The second-order valence-electron chi connectivity index (χ2n) is 19.6. The molecule has 2 aliphatic rings. The summed E-state index contributed by atoms with van der Waals surface area (Å²) in [5.41, 5.74) is -2.42. The number of fused-ring (bicyclic) bond motifs is 7. The van der Waals surface area contributed by atoms with Crippen LogP contribution in [0.3, 0.4) is 0 Å². The minimum Gasteiger partial charge on any atom is -0.492 e. The van der Waals surface area contributed by atoms with E-state index in [4.69, 9.17) is 28.4 Å². The maximum Gasteiger partial charge on any atom is 0.333 e. The van der Waals surface area contributed by atoms with Crippen molar-refractivity contribution in [1.82, 2.24) is 0 Å². The monoisotopic (exact) mass is 1240 g/mol.